The maximum Gasteiger partial charge on any atom is 0.140 e. The summed E-state index contributed by atoms with van der Waals surface area (Å²) in [5.74, 6) is 0.674. The summed E-state index contributed by atoms with van der Waals surface area (Å²) in [4.78, 5) is 4.11. The van der Waals surface area contributed by atoms with Crippen LogP contribution in [0.1, 0.15) is 13.8 Å². The van der Waals surface area contributed by atoms with Gasteiger partial charge in [-0.1, -0.05) is 11.6 Å². The van der Waals surface area contributed by atoms with Gasteiger partial charge in [0.25, 0.3) is 0 Å². The summed E-state index contributed by atoms with van der Waals surface area (Å²) in [7, 11) is 0. The Labute approximate surface area is 96.6 Å². The van der Waals surface area contributed by atoms with E-state index in [1.807, 2.05) is 13.8 Å². The molecule has 3 nitrogen and oxygen atoms in total. The lowest BCUT2D eigenvalue weighted by molar-refractivity contribution is 0.234. The lowest BCUT2D eigenvalue weighted by Crippen LogP contribution is -2.35. The molecule has 1 aromatic rings. The highest BCUT2D eigenvalue weighted by Gasteiger charge is 2.17. The number of hydrogen-bond donors (Lipinski definition) is 2. The first kappa shape index (κ1) is 11.8. The SMILES string of the molecule is CC(C)(CO)Nc1ncc(Cl)cc1Br. The Hall–Kier alpha value is -0.320. The standard InChI is InChI=1S/C9H12BrClN2O/c1-9(2,5-14)13-8-7(10)3-6(11)4-12-8/h3-4,14H,5H2,1-2H3,(H,12,13). The van der Waals surface area contributed by atoms with E-state index in [4.69, 9.17) is 16.7 Å². The molecular formula is C9H12BrClN2O. The van der Waals surface area contributed by atoms with Crippen molar-refractivity contribution in [2.75, 3.05) is 11.9 Å². The number of nitrogens with zero attached hydrogens (tertiary/aromatic N) is 1. The third-order valence-corrected chi connectivity index (χ3v) is 2.47. The first-order valence-corrected chi connectivity index (χ1v) is 5.32. The third-order valence-electron chi connectivity index (χ3n) is 1.66. The largest absolute Gasteiger partial charge is 0.394 e. The average molecular weight is 280 g/mol. The Balaban J connectivity index is 2.87. The number of aliphatic hydroxyl groups is 1. The van der Waals surface area contributed by atoms with Gasteiger partial charge in [0.05, 0.1) is 21.6 Å². The van der Waals surface area contributed by atoms with Crippen LogP contribution in [0.25, 0.3) is 0 Å². The molecule has 2 N–H and O–H groups in total. The highest BCUT2D eigenvalue weighted by atomic mass is 79.9. The van der Waals surface area contributed by atoms with Crippen LogP contribution in [0.3, 0.4) is 0 Å². The average Bonchev–Trinajstić information content (AvgIpc) is 2.10. The van der Waals surface area contributed by atoms with Crippen LogP contribution in [0.2, 0.25) is 5.02 Å². The summed E-state index contributed by atoms with van der Waals surface area (Å²) < 4.78 is 0.784. The quantitative estimate of drug-likeness (QED) is 0.894. The third kappa shape index (κ3) is 3.12. The molecule has 0 aromatic carbocycles. The fraction of sp³-hybridized carbons (Fsp3) is 0.444. The molecule has 0 aliphatic carbocycles. The topological polar surface area (TPSA) is 45.1 Å². The van der Waals surface area contributed by atoms with Crippen LogP contribution in [0.4, 0.5) is 5.82 Å². The first-order chi connectivity index (χ1) is 6.44. The maximum atomic E-state index is 9.07. The van der Waals surface area contributed by atoms with Crippen LogP contribution in [0.5, 0.6) is 0 Å². The van der Waals surface area contributed by atoms with Crippen LogP contribution in [-0.4, -0.2) is 22.2 Å². The van der Waals surface area contributed by atoms with Crippen molar-refractivity contribution >= 4 is 33.3 Å². The van der Waals surface area contributed by atoms with E-state index in [0.717, 1.165) is 4.47 Å². The zero-order valence-corrected chi connectivity index (χ0v) is 10.4. The van der Waals surface area contributed by atoms with Gasteiger partial charge >= 0.3 is 0 Å². The zero-order valence-electron chi connectivity index (χ0n) is 8.01. The second-order valence-corrected chi connectivity index (χ2v) is 4.94. The van der Waals surface area contributed by atoms with E-state index in [2.05, 4.69) is 26.2 Å². The molecule has 0 aliphatic rings. The molecule has 0 radical (unpaired) electrons. The minimum atomic E-state index is -0.399. The summed E-state index contributed by atoms with van der Waals surface area (Å²) in [5, 5.41) is 12.7. The molecule has 0 spiro atoms. The normalized spacial score (nSPS) is 11.5. The molecule has 1 aromatic heterocycles. The summed E-state index contributed by atoms with van der Waals surface area (Å²) in [6.07, 6.45) is 1.56. The number of aromatic nitrogens is 1. The number of hydrogen-bond acceptors (Lipinski definition) is 3. The Morgan fingerprint density at radius 3 is 2.79 bits per heavy atom. The van der Waals surface area contributed by atoms with Crippen molar-refractivity contribution in [2.24, 2.45) is 0 Å². The lowest BCUT2D eigenvalue weighted by atomic mass is 10.1. The Bertz CT molecular complexity index is 331. The van der Waals surface area contributed by atoms with Gasteiger partial charge in [-0.05, 0) is 35.8 Å². The number of aliphatic hydroxyl groups excluding tert-OH is 1. The summed E-state index contributed by atoms with van der Waals surface area (Å²) in [6, 6.07) is 1.75. The summed E-state index contributed by atoms with van der Waals surface area (Å²) in [5.41, 5.74) is -0.399. The predicted octanol–water partition coefficient (Wildman–Crippen LogP) is 2.68. The van der Waals surface area contributed by atoms with Gasteiger partial charge in [-0.25, -0.2) is 4.98 Å². The molecule has 0 aliphatic heterocycles. The van der Waals surface area contributed by atoms with Crippen LogP contribution in [0.15, 0.2) is 16.7 Å². The number of nitrogens with one attached hydrogen (secondary N) is 1. The summed E-state index contributed by atoms with van der Waals surface area (Å²) >= 11 is 9.09. The lowest BCUT2D eigenvalue weighted by Gasteiger charge is -2.24. The van der Waals surface area contributed by atoms with Crippen LogP contribution < -0.4 is 5.32 Å². The highest BCUT2D eigenvalue weighted by Crippen LogP contribution is 2.25. The summed E-state index contributed by atoms with van der Waals surface area (Å²) in [6.45, 7) is 3.80. The van der Waals surface area contributed by atoms with E-state index in [1.165, 1.54) is 0 Å². The van der Waals surface area contributed by atoms with Gasteiger partial charge in [-0.15, -0.1) is 0 Å². The van der Waals surface area contributed by atoms with Gasteiger partial charge in [0, 0.05) is 6.20 Å². The molecule has 0 fully saturated rings. The monoisotopic (exact) mass is 278 g/mol. The number of anilines is 1. The minimum absolute atomic E-state index is 0.0315. The van der Waals surface area contributed by atoms with Gasteiger partial charge in [0.2, 0.25) is 0 Å². The molecule has 1 heterocycles. The molecule has 0 amide bonds. The highest BCUT2D eigenvalue weighted by molar-refractivity contribution is 9.10. The molecule has 78 valence electrons. The van der Waals surface area contributed by atoms with Crippen molar-refractivity contribution in [1.29, 1.82) is 0 Å². The van der Waals surface area contributed by atoms with E-state index < -0.39 is 5.54 Å². The van der Waals surface area contributed by atoms with E-state index in [0.29, 0.717) is 10.8 Å². The smallest absolute Gasteiger partial charge is 0.140 e. The Morgan fingerprint density at radius 2 is 2.29 bits per heavy atom. The van der Waals surface area contributed by atoms with Gasteiger partial charge in [-0.3, -0.25) is 0 Å². The first-order valence-electron chi connectivity index (χ1n) is 4.15. The van der Waals surface area contributed by atoms with Crippen molar-refractivity contribution in [1.82, 2.24) is 4.98 Å². The van der Waals surface area contributed by atoms with Crippen molar-refractivity contribution in [2.45, 2.75) is 19.4 Å². The number of pyridine rings is 1. The van der Waals surface area contributed by atoms with Gasteiger partial charge in [-0.2, -0.15) is 0 Å². The second-order valence-electron chi connectivity index (χ2n) is 3.65. The maximum absolute atomic E-state index is 9.07. The van der Waals surface area contributed by atoms with E-state index in [1.54, 1.807) is 12.3 Å². The van der Waals surface area contributed by atoms with Crippen molar-refractivity contribution < 1.29 is 5.11 Å². The van der Waals surface area contributed by atoms with Crippen LogP contribution >= 0.6 is 27.5 Å². The van der Waals surface area contributed by atoms with Crippen LogP contribution in [0, 0.1) is 0 Å². The van der Waals surface area contributed by atoms with E-state index in [-0.39, 0.29) is 6.61 Å². The van der Waals surface area contributed by atoms with Gasteiger partial charge in [0.1, 0.15) is 5.82 Å². The van der Waals surface area contributed by atoms with E-state index >= 15 is 0 Å². The molecule has 14 heavy (non-hydrogen) atoms. The molecule has 0 atom stereocenters. The Kier molecular flexibility index (Phi) is 3.75. The van der Waals surface area contributed by atoms with Gasteiger partial charge < -0.3 is 10.4 Å². The van der Waals surface area contributed by atoms with Gasteiger partial charge in [0.15, 0.2) is 0 Å². The number of rotatable bonds is 3. The molecule has 0 unspecified atom stereocenters. The van der Waals surface area contributed by atoms with E-state index in [9.17, 15) is 0 Å². The fourth-order valence-electron chi connectivity index (χ4n) is 0.867. The van der Waals surface area contributed by atoms with Crippen molar-refractivity contribution in [3.8, 4) is 0 Å². The Morgan fingerprint density at radius 1 is 1.64 bits per heavy atom. The second kappa shape index (κ2) is 4.47. The zero-order chi connectivity index (χ0) is 10.8. The van der Waals surface area contributed by atoms with Crippen LogP contribution in [-0.2, 0) is 0 Å². The van der Waals surface area contributed by atoms with Crippen molar-refractivity contribution in [3.05, 3.63) is 21.8 Å². The number of halogens is 2. The predicted molar refractivity (Wildman–Crippen MR) is 61.7 cm³/mol. The molecular weight excluding hydrogens is 267 g/mol. The molecule has 1 rings (SSSR count). The molecule has 0 saturated heterocycles. The molecule has 0 bridgehead atoms. The van der Waals surface area contributed by atoms with Crippen molar-refractivity contribution in [3.63, 3.8) is 0 Å². The minimum Gasteiger partial charge on any atom is -0.394 e. The fourth-order valence-corrected chi connectivity index (χ4v) is 1.60. The molecule has 5 heteroatoms. The molecule has 0 saturated carbocycles.